The van der Waals surface area contributed by atoms with Crippen molar-refractivity contribution in [3.05, 3.63) is 28.2 Å². The molecule has 8 atom stereocenters. The Morgan fingerprint density at radius 2 is 1.45 bits per heavy atom. The van der Waals surface area contributed by atoms with Crippen LogP contribution in [0.4, 0.5) is 5.69 Å². The van der Waals surface area contributed by atoms with Crippen molar-refractivity contribution in [2.75, 3.05) is 44.2 Å². The van der Waals surface area contributed by atoms with Crippen LogP contribution in [0.3, 0.4) is 0 Å². The second-order valence-corrected chi connectivity index (χ2v) is 11.3. The zero-order valence-corrected chi connectivity index (χ0v) is 19.8. The van der Waals surface area contributed by atoms with Crippen LogP contribution in [0.2, 0.25) is 10.0 Å². The van der Waals surface area contributed by atoms with Crippen molar-refractivity contribution in [1.29, 1.82) is 0 Å². The second-order valence-electron chi connectivity index (χ2n) is 10.5. The van der Waals surface area contributed by atoms with Gasteiger partial charge in [-0.3, -0.25) is 19.4 Å². The van der Waals surface area contributed by atoms with Gasteiger partial charge in [0.2, 0.25) is 11.8 Å². The lowest BCUT2D eigenvalue weighted by Crippen LogP contribution is -2.47. The van der Waals surface area contributed by atoms with E-state index in [0.29, 0.717) is 34.8 Å². The van der Waals surface area contributed by atoms with Crippen molar-refractivity contribution in [3.8, 4) is 0 Å². The summed E-state index contributed by atoms with van der Waals surface area (Å²) in [6, 6.07) is 5.73. The van der Waals surface area contributed by atoms with Crippen LogP contribution >= 0.6 is 23.2 Å². The highest BCUT2D eigenvalue weighted by molar-refractivity contribution is 6.43. The van der Waals surface area contributed by atoms with Gasteiger partial charge in [-0.1, -0.05) is 29.3 Å². The number of imide groups is 1. The standard InChI is InChI=1S/C24H29Cl2N3O4/c25-16-2-1-3-17(20(16)26)28-6-4-27(5-7-28)10-12-8-13(12)11-29-23(32)18-14-9-15(19(18)24(29)33)22(31)21(14)30/h1-3,12-15,18-19,21-22,30-31H,4-11H2/t12-,13-,14?,15?,18?,19?,21?,22?/m1/s1. The molecule has 3 aliphatic carbocycles. The molecule has 0 radical (unpaired) electrons. The zero-order chi connectivity index (χ0) is 23.0. The molecule has 1 aromatic rings. The fraction of sp³-hybridized carbons (Fsp3) is 0.667. The van der Waals surface area contributed by atoms with Gasteiger partial charge in [0.15, 0.2) is 0 Å². The molecule has 3 saturated carbocycles. The molecule has 2 bridgehead atoms. The lowest BCUT2D eigenvalue weighted by atomic mass is 9.78. The molecule has 0 aromatic heterocycles. The molecule has 2 N–H and O–H groups in total. The third-order valence-corrected chi connectivity index (χ3v) is 9.62. The van der Waals surface area contributed by atoms with Crippen molar-refractivity contribution in [2.45, 2.75) is 25.0 Å². The van der Waals surface area contributed by atoms with Crippen LogP contribution in [0, 0.1) is 35.5 Å². The first kappa shape index (κ1) is 22.1. The van der Waals surface area contributed by atoms with Crippen LogP contribution in [0.1, 0.15) is 12.8 Å². The maximum absolute atomic E-state index is 13.0. The lowest BCUT2D eigenvalue weighted by molar-refractivity contribution is -0.141. The Hall–Kier alpha value is -1.38. The number of anilines is 1. The minimum atomic E-state index is -0.873. The van der Waals surface area contributed by atoms with Crippen LogP contribution in [0.25, 0.3) is 0 Å². The highest BCUT2D eigenvalue weighted by atomic mass is 35.5. The Morgan fingerprint density at radius 1 is 0.848 bits per heavy atom. The van der Waals surface area contributed by atoms with Gasteiger partial charge in [-0.25, -0.2) is 0 Å². The highest BCUT2D eigenvalue weighted by Crippen LogP contribution is 2.56. The summed E-state index contributed by atoms with van der Waals surface area (Å²) in [5.74, 6) is -0.785. The molecular weight excluding hydrogens is 465 g/mol. The molecule has 2 aliphatic heterocycles. The number of fused-ring (bicyclic) bond motifs is 5. The van der Waals surface area contributed by atoms with Crippen LogP contribution in [0.5, 0.6) is 0 Å². The molecule has 5 fully saturated rings. The Labute approximate surface area is 203 Å². The van der Waals surface area contributed by atoms with E-state index >= 15 is 0 Å². The van der Waals surface area contributed by atoms with Crippen molar-refractivity contribution >= 4 is 40.7 Å². The highest BCUT2D eigenvalue weighted by Gasteiger charge is 2.67. The predicted molar refractivity (Wildman–Crippen MR) is 124 cm³/mol. The summed E-state index contributed by atoms with van der Waals surface area (Å²) in [7, 11) is 0. The van der Waals surface area contributed by atoms with Crippen LogP contribution in [-0.2, 0) is 9.59 Å². The number of halogens is 2. The van der Waals surface area contributed by atoms with E-state index in [4.69, 9.17) is 23.2 Å². The summed E-state index contributed by atoms with van der Waals surface area (Å²) in [5, 5.41) is 21.6. The van der Waals surface area contributed by atoms with Crippen molar-refractivity contribution in [2.24, 2.45) is 35.5 Å². The first-order chi connectivity index (χ1) is 15.8. The molecule has 33 heavy (non-hydrogen) atoms. The van der Waals surface area contributed by atoms with E-state index in [9.17, 15) is 19.8 Å². The quantitative estimate of drug-likeness (QED) is 0.607. The number of aliphatic hydroxyl groups is 2. The number of aliphatic hydroxyl groups excluding tert-OH is 2. The largest absolute Gasteiger partial charge is 0.390 e. The Balaban J connectivity index is 1.01. The average Bonchev–Trinajstić information content (AvgIpc) is 3.20. The second kappa shape index (κ2) is 8.09. The minimum absolute atomic E-state index is 0.124. The van der Waals surface area contributed by atoms with Gasteiger partial charge in [0.1, 0.15) is 0 Å². The van der Waals surface area contributed by atoms with Crippen LogP contribution < -0.4 is 4.90 Å². The number of benzene rings is 1. The molecule has 5 aliphatic rings. The predicted octanol–water partition coefficient (Wildman–Crippen LogP) is 1.72. The number of carbonyl (C=O) groups excluding carboxylic acids is 2. The van der Waals surface area contributed by atoms with Gasteiger partial charge in [-0.05, 0) is 36.8 Å². The fourth-order valence-electron chi connectivity index (χ4n) is 6.90. The van der Waals surface area contributed by atoms with Crippen molar-refractivity contribution in [3.63, 3.8) is 0 Å². The molecule has 178 valence electrons. The summed E-state index contributed by atoms with van der Waals surface area (Å²) >= 11 is 12.5. The number of rotatable bonds is 5. The maximum Gasteiger partial charge on any atom is 0.233 e. The van der Waals surface area contributed by atoms with Gasteiger partial charge in [0.05, 0.1) is 39.8 Å². The molecule has 1 aromatic carbocycles. The number of hydrogen-bond donors (Lipinski definition) is 2. The van der Waals surface area contributed by atoms with Gasteiger partial charge >= 0.3 is 0 Å². The Kier molecular flexibility index (Phi) is 5.42. The molecule has 0 spiro atoms. The van der Waals surface area contributed by atoms with E-state index < -0.39 is 24.0 Å². The zero-order valence-electron chi connectivity index (χ0n) is 18.3. The third-order valence-electron chi connectivity index (χ3n) is 8.81. The fourth-order valence-corrected chi connectivity index (χ4v) is 7.32. The van der Waals surface area contributed by atoms with Gasteiger partial charge in [-0.15, -0.1) is 0 Å². The lowest BCUT2D eigenvalue weighted by Gasteiger charge is -2.36. The first-order valence-corrected chi connectivity index (χ1v) is 12.7. The summed E-state index contributed by atoms with van der Waals surface area (Å²) in [5.41, 5.74) is 0.980. The van der Waals surface area contributed by atoms with Crippen LogP contribution in [-0.4, -0.2) is 83.3 Å². The molecule has 7 nitrogen and oxygen atoms in total. The summed E-state index contributed by atoms with van der Waals surface area (Å²) in [6.07, 6.45) is -0.129. The smallest absolute Gasteiger partial charge is 0.233 e. The molecular formula is C24H29Cl2N3O4. The van der Waals surface area contributed by atoms with E-state index in [1.54, 1.807) is 6.07 Å². The molecule has 6 rings (SSSR count). The first-order valence-electron chi connectivity index (χ1n) is 12.0. The maximum atomic E-state index is 13.0. The van der Waals surface area contributed by atoms with Gasteiger partial charge in [-0.2, -0.15) is 0 Å². The van der Waals surface area contributed by atoms with Gasteiger partial charge < -0.3 is 15.1 Å². The third kappa shape index (κ3) is 3.50. The molecule has 2 amide bonds. The summed E-state index contributed by atoms with van der Waals surface area (Å²) in [6.45, 7) is 5.12. The number of carbonyl (C=O) groups is 2. The number of likely N-dealkylation sites (tertiary alicyclic amines) is 1. The van der Waals surface area contributed by atoms with E-state index in [2.05, 4.69) is 9.80 Å². The van der Waals surface area contributed by atoms with Gasteiger partial charge in [0.25, 0.3) is 0 Å². The number of nitrogens with zero attached hydrogens (tertiary/aromatic N) is 3. The van der Waals surface area contributed by atoms with E-state index in [-0.39, 0.29) is 23.7 Å². The summed E-state index contributed by atoms with van der Waals surface area (Å²) < 4.78 is 0. The Morgan fingerprint density at radius 3 is 2.09 bits per heavy atom. The van der Waals surface area contributed by atoms with Gasteiger partial charge in [0, 0.05) is 51.1 Å². The minimum Gasteiger partial charge on any atom is -0.390 e. The normalized spacial score (nSPS) is 40.1. The molecule has 2 saturated heterocycles. The molecule has 6 unspecified atom stereocenters. The van der Waals surface area contributed by atoms with E-state index in [1.807, 2.05) is 12.1 Å². The topological polar surface area (TPSA) is 84.3 Å². The molecule has 9 heteroatoms. The number of amides is 2. The van der Waals surface area contributed by atoms with E-state index in [1.165, 1.54) is 4.90 Å². The van der Waals surface area contributed by atoms with Crippen molar-refractivity contribution in [1.82, 2.24) is 9.80 Å². The Bertz CT molecular complexity index is 952. The summed E-state index contributed by atoms with van der Waals surface area (Å²) in [4.78, 5) is 32.2. The molecule has 2 heterocycles. The number of hydrogen-bond acceptors (Lipinski definition) is 6. The van der Waals surface area contributed by atoms with Crippen LogP contribution in [0.15, 0.2) is 18.2 Å². The van der Waals surface area contributed by atoms with Crippen molar-refractivity contribution < 1.29 is 19.8 Å². The average molecular weight is 494 g/mol. The SMILES string of the molecule is O=C1C2C3CC(C(O)C3O)C2C(=O)N1C[C@H]1C[C@@H]1CN1CCN(c2cccc(Cl)c2Cl)CC1. The number of piperazine rings is 1. The monoisotopic (exact) mass is 493 g/mol. The van der Waals surface area contributed by atoms with E-state index in [0.717, 1.165) is 44.8 Å².